The van der Waals surface area contributed by atoms with Gasteiger partial charge in [0.1, 0.15) is 5.82 Å². The van der Waals surface area contributed by atoms with E-state index in [2.05, 4.69) is 47.2 Å². The third-order valence-corrected chi connectivity index (χ3v) is 5.52. The van der Waals surface area contributed by atoms with Crippen LogP contribution in [0, 0.1) is 0 Å². The second-order valence-electron chi connectivity index (χ2n) is 7.12. The van der Waals surface area contributed by atoms with E-state index in [0.717, 1.165) is 50.5 Å². The maximum Gasteiger partial charge on any atom is 0.227 e. The minimum atomic E-state index is -0.373. The van der Waals surface area contributed by atoms with Crippen molar-refractivity contribution in [3.8, 4) is 0 Å². The number of piperidine rings is 1. The van der Waals surface area contributed by atoms with Gasteiger partial charge in [-0.05, 0) is 30.0 Å². The Morgan fingerprint density at radius 1 is 1.04 bits per heavy atom. The van der Waals surface area contributed by atoms with Crippen LogP contribution >= 0.6 is 0 Å². The van der Waals surface area contributed by atoms with E-state index in [1.165, 1.54) is 16.8 Å². The zero-order valence-corrected chi connectivity index (χ0v) is 16.2. The monoisotopic (exact) mass is 368 g/mol. The molecule has 0 bridgehead atoms. The first-order valence-electron chi connectivity index (χ1n) is 9.97. The van der Waals surface area contributed by atoms with Gasteiger partial charge in [-0.2, -0.15) is 4.98 Å². The first-order chi connectivity index (χ1) is 13.2. The van der Waals surface area contributed by atoms with Crippen LogP contribution in [0.3, 0.4) is 0 Å². The summed E-state index contributed by atoms with van der Waals surface area (Å²) in [6.07, 6.45) is 5.52. The molecule has 6 nitrogen and oxygen atoms in total. The lowest BCUT2D eigenvalue weighted by Gasteiger charge is -2.37. The van der Waals surface area contributed by atoms with Crippen LogP contribution < -0.4 is 10.2 Å². The third kappa shape index (κ3) is 3.77. The average Bonchev–Trinajstić information content (AvgIpc) is 3.17. The number of hydrogen-bond donors (Lipinski definition) is 1. The normalized spacial score (nSPS) is 18.8. The van der Waals surface area contributed by atoms with Crippen molar-refractivity contribution in [3.63, 3.8) is 0 Å². The summed E-state index contributed by atoms with van der Waals surface area (Å²) in [6.45, 7) is 7.45. The minimum absolute atomic E-state index is 0.373. The fraction of sp³-hybridized carbons (Fsp3) is 0.524. The summed E-state index contributed by atoms with van der Waals surface area (Å²) in [7, 11) is 0. The molecule has 2 aromatic rings. The predicted octanol–water partition coefficient (Wildman–Crippen LogP) is 3.69. The van der Waals surface area contributed by atoms with Crippen molar-refractivity contribution in [2.75, 3.05) is 36.5 Å². The van der Waals surface area contributed by atoms with Crippen LogP contribution in [0.4, 0.5) is 17.5 Å². The molecule has 0 aliphatic carbocycles. The summed E-state index contributed by atoms with van der Waals surface area (Å²) in [5.74, 6) is 1.23. The molecule has 0 saturated carbocycles. The SMILES string of the molecule is CCc1cccc(CC)c1Nc1ccnc(N2CCC3(CC2)OCCO3)n1. The van der Waals surface area contributed by atoms with Crippen molar-refractivity contribution in [2.24, 2.45) is 0 Å². The second-order valence-corrected chi connectivity index (χ2v) is 7.12. The van der Waals surface area contributed by atoms with Gasteiger partial charge in [-0.25, -0.2) is 4.98 Å². The zero-order chi connectivity index (χ0) is 18.7. The Hall–Kier alpha value is -2.18. The van der Waals surface area contributed by atoms with E-state index < -0.39 is 0 Å². The molecule has 0 unspecified atom stereocenters. The van der Waals surface area contributed by atoms with Gasteiger partial charge in [-0.15, -0.1) is 0 Å². The summed E-state index contributed by atoms with van der Waals surface area (Å²) in [5, 5.41) is 3.54. The van der Waals surface area contributed by atoms with E-state index in [1.54, 1.807) is 0 Å². The number of aryl methyl sites for hydroxylation is 2. The predicted molar refractivity (Wildman–Crippen MR) is 107 cm³/mol. The molecule has 0 radical (unpaired) electrons. The molecular formula is C21H28N4O2. The number of nitrogens with zero attached hydrogens (tertiary/aromatic N) is 3. The maximum absolute atomic E-state index is 5.82. The van der Waals surface area contributed by atoms with Crippen molar-refractivity contribution in [1.29, 1.82) is 0 Å². The molecule has 6 heteroatoms. The van der Waals surface area contributed by atoms with E-state index in [-0.39, 0.29) is 5.79 Å². The molecule has 27 heavy (non-hydrogen) atoms. The van der Waals surface area contributed by atoms with Crippen LogP contribution in [-0.4, -0.2) is 42.1 Å². The van der Waals surface area contributed by atoms with Crippen LogP contribution in [0.2, 0.25) is 0 Å². The highest BCUT2D eigenvalue weighted by Gasteiger charge is 2.40. The van der Waals surface area contributed by atoms with Crippen LogP contribution in [0.5, 0.6) is 0 Å². The number of rotatable bonds is 5. The lowest BCUT2D eigenvalue weighted by molar-refractivity contribution is -0.169. The Balaban J connectivity index is 1.51. The van der Waals surface area contributed by atoms with E-state index in [4.69, 9.17) is 14.5 Å². The van der Waals surface area contributed by atoms with Gasteiger partial charge in [-0.1, -0.05) is 32.0 Å². The van der Waals surface area contributed by atoms with Gasteiger partial charge in [0.25, 0.3) is 0 Å². The van der Waals surface area contributed by atoms with Gasteiger partial charge >= 0.3 is 0 Å². The highest BCUT2D eigenvalue weighted by molar-refractivity contribution is 5.65. The number of nitrogens with one attached hydrogen (secondary N) is 1. The van der Waals surface area contributed by atoms with Gasteiger partial charge in [-0.3, -0.25) is 0 Å². The van der Waals surface area contributed by atoms with Crippen molar-refractivity contribution >= 4 is 17.5 Å². The van der Waals surface area contributed by atoms with Crippen molar-refractivity contribution in [1.82, 2.24) is 9.97 Å². The number of benzene rings is 1. The molecule has 1 spiro atoms. The quantitative estimate of drug-likeness (QED) is 0.869. The van der Waals surface area contributed by atoms with Gasteiger partial charge in [0.05, 0.1) is 13.2 Å². The third-order valence-electron chi connectivity index (χ3n) is 5.52. The largest absolute Gasteiger partial charge is 0.347 e. The summed E-state index contributed by atoms with van der Waals surface area (Å²) >= 11 is 0. The molecule has 4 rings (SSSR count). The van der Waals surface area contributed by atoms with Crippen LogP contribution in [-0.2, 0) is 22.3 Å². The molecule has 144 valence electrons. The molecule has 2 fully saturated rings. The van der Waals surface area contributed by atoms with Gasteiger partial charge in [0.15, 0.2) is 5.79 Å². The Morgan fingerprint density at radius 3 is 2.33 bits per heavy atom. The first kappa shape index (κ1) is 18.2. The number of aromatic nitrogens is 2. The second kappa shape index (κ2) is 7.82. The Kier molecular flexibility index (Phi) is 5.27. The lowest BCUT2D eigenvalue weighted by atomic mass is 10.0. The summed E-state index contributed by atoms with van der Waals surface area (Å²) in [5.41, 5.74) is 3.80. The standard InChI is InChI=1S/C21H28N4O2/c1-3-16-6-5-7-17(4-2)19(16)23-18-8-11-22-20(24-18)25-12-9-21(10-13-25)26-14-15-27-21/h5-8,11H,3-4,9-10,12-15H2,1-2H3,(H,22,23,24). The summed E-state index contributed by atoms with van der Waals surface area (Å²) < 4.78 is 11.6. The van der Waals surface area contributed by atoms with Gasteiger partial charge in [0.2, 0.25) is 5.95 Å². The number of para-hydroxylation sites is 1. The fourth-order valence-corrected chi connectivity index (χ4v) is 3.93. The van der Waals surface area contributed by atoms with Crippen molar-refractivity contribution in [2.45, 2.75) is 45.3 Å². The van der Waals surface area contributed by atoms with E-state index in [0.29, 0.717) is 13.2 Å². The molecule has 1 aromatic heterocycles. The minimum Gasteiger partial charge on any atom is -0.347 e. The van der Waals surface area contributed by atoms with Gasteiger partial charge < -0.3 is 19.7 Å². The van der Waals surface area contributed by atoms with Crippen molar-refractivity contribution in [3.05, 3.63) is 41.6 Å². The number of anilines is 3. The smallest absolute Gasteiger partial charge is 0.227 e. The molecular weight excluding hydrogens is 340 g/mol. The Bertz CT molecular complexity index is 757. The van der Waals surface area contributed by atoms with E-state index in [1.807, 2.05) is 12.3 Å². The average molecular weight is 368 g/mol. The zero-order valence-electron chi connectivity index (χ0n) is 16.2. The topological polar surface area (TPSA) is 59.5 Å². The molecule has 0 atom stereocenters. The summed E-state index contributed by atoms with van der Waals surface area (Å²) in [6, 6.07) is 8.42. The van der Waals surface area contributed by atoms with Crippen LogP contribution in [0.25, 0.3) is 0 Å². The Labute approximate surface area is 160 Å². The van der Waals surface area contributed by atoms with Crippen LogP contribution in [0.1, 0.15) is 37.8 Å². The highest BCUT2D eigenvalue weighted by atomic mass is 16.7. The van der Waals surface area contributed by atoms with Crippen LogP contribution in [0.15, 0.2) is 30.5 Å². The first-order valence-corrected chi connectivity index (χ1v) is 9.97. The number of ether oxygens (including phenoxy) is 2. The summed E-state index contributed by atoms with van der Waals surface area (Å²) in [4.78, 5) is 11.5. The van der Waals surface area contributed by atoms with E-state index in [9.17, 15) is 0 Å². The molecule has 2 aliphatic rings. The molecule has 2 saturated heterocycles. The molecule has 3 heterocycles. The lowest BCUT2D eigenvalue weighted by Crippen LogP contribution is -2.45. The number of hydrogen-bond acceptors (Lipinski definition) is 6. The molecule has 1 N–H and O–H groups in total. The maximum atomic E-state index is 5.82. The van der Waals surface area contributed by atoms with E-state index >= 15 is 0 Å². The Morgan fingerprint density at radius 2 is 1.70 bits per heavy atom. The van der Waals surface area contributed by atoms with Gasteiger partial charge in [0, 0.05) is 37.8 Å². The molecule has 1 aromatic carbocycles. The highest BCUT2D eigenvalue weighted by Crippen LogP contribution is 2.33. The molecule has 0 amide bonds. The molecule has 2 aliphatic heterocycles. The fourth-order valence-electron chi connectivity index (χ4n) is 3.93. The van der Waals surface area contributed by atoms with Crippen molar-refractivity contribution < 1.29 is 9.47 Å².